The normalized spacial score (nSPS) is 21.5. The minimum Gasteiger partial charge on any atom is -0.354 e. The van der Waals surface area contributed by atoms with Crippen LogP contribution in [0.25, 0.3) is 0 Å². The zero-order valence-corrected chi connectivity index (χ0v) is 15.5. The summed E-state index contributed by atoms with van der Waals surface area (Å²) in [6.07, 6.45) is 0.891. The van der Waals surface area contributed by atoms with E-state index in [1.54, 1.807) is 11.8 Å². The van der Waals surface area contributed by atoms with Crippen molar-refractivity contribution < 1.29 is 4.79 Å². The predicted octanol–water partition coefficient (Wildman–Crippen LogP) is 3.00. The van der Waals surface area contributed by atoms with E-state index in [0.29, 0.717) is 6.54 Å². The summed E-state index contributed by atoms with van der Waals surface area (Å²) in [5, 5.41) is 10.7. The Labute approximate surface area is 147 Å². The number of hydrogen-bond donors (Lipinski definition) is 2. The molecule has 0 radical (unpaired) electrons. The summed E-state index contributed by atoms with van der Waals surface area (Å²) < 4.78 is 0. The van der Waals surface area contributed by atoms with Crippen LogP contribution in [0.3, 0.4) is 0 Å². The van der Waals surface area contributed by atoms with Crippen molar-refractivity contribution in [2.75, 3.05) is 12.3 Å². The van der Waals surface area contributed by atoms with Crippen LogP contribution in [-0.2, 0) is 10.2 Å². The molecule has 128 valence electrons. The van der Waals surface area contributed by atoms with Crippen molar-refractivity contribution in [2.45, 2.75) is 44.7 Å². The van der Waals surface area contributed by atoms with Crippen molar-refractivity contribution in [3.05, 3.63) is 41.2 Å². The Kier molecular flexibility index (Phi) is 4.42. The van der Waals surface area contributed by atoms with E-state index in [2.05, 4.69) is 65.5 Å². The lowest BCUT2D eigenvalue weighted by atomic mass is 9.86. The number of aromatic amines is 1. The third-order valence-corrected chi connectivity index (χ3v) is 5.71. The molecule has 0 bridgehead atoms. The van der Waals surface area contributed by atoms with E-state index in [1.165, 1.54) is 5.56 Å². The molecule has 5 nitrogen and oxygen atoms in total. The molecule has 2 N–H and O–H groups in total. The average molecular weight is 344 g/mol. The molecule has 1 aromatic carbocycles. The lowest BCUT2D eigenvalue weighted by Gasteiger charge is -2.21. The number of H-pyrrole nitrogens is 1. The third-order valence-electron chi connectivity index (χ3n) is 4.86. The summed E-state index contributed by atoms with van der Waals surface area (Å²) in [6, 6.07) is 8.35. The maximum atomic E-state index is 12.9. The van der Waals surface area contributed by atoms with Gasteiger partial charge in [0.25, 0.3) is 0 Å². The van der Waals surface area contributed by atoms with Gasteiger partial charge in [-0.05, 0) is 31.2 Å². The number of carbonyl (C=O) groups excluding carboxylic acids is 1. The van der Waals surface area contributed by atoms with E-state index < -0.39 is 5.41 Å². The molecule has 3 rings (SSSR count). The summed E-state index contributed by atoms with van der Waals surface area (Å²) in [5.74, 6) is 1.69. The van der Waals surface area contributed by atoms with Crippen molar-refractivity contribution in [3.8, 4) is 0 Å². The van der Waals surface area contributed by atoms with Gasteiger partial charge in [0.2, 0.25) is 11.1 Å². The van der Waals surface area contributed by atoms with Crippen molar-refractivity contribution in [1.82, 2.24) is 20.5 Å². The molecule has 1 atom stereocenters. The Hall–Kier alpha value is -1.82. The highest BCUT2D eigenvalue weighted by atomic mass is 32.2. The first-order valence-corrected chi connectivity index (χ1v) is 9.21. The van der Waals surface area contributed by atoms with Crippen molar-refractivity contribution in [1.29, 1.82) is 0 Å². The third kappa shape index (κ3) is 3.07. The molecular formula is C18H24N4OS. The van der Waals surface area contributed by atoms with E-state index in [-0.39, 0.29) is 11.3 Å². The first-order valence-electron chi connectivity index (χ1n) is 8.22. The molecule has 1 amide bonds. The largest absolute Gasteiger partial charge is 0.354 e. The van der Waals surface area contributed by atoms with Gasteiger partial charge in [-0.2, -0.15) is 0 Å². The number of carbonyl (C=O) groups is 1. The lowest BCUT2D eigenvalue weighted by molar-refractivity contribution is -0.124. The number of nitrogens with one attached hydrogen (secondary N) is 2. The number of aromatic nitrogens is 3. The average Bonchev–Trinajstić information content (AvgIpc) is 2.89. The van der Waals surface area contributed by atoms with Crippen LogP contribution in [0, 0.1) is 19.3 Å². The second-order valence-electron chi connectivity index (χ2n) is 7.14. The number of rotatable bonds is 6. The first-order chi connectivity index (χ1) is 11.3. The number of aryl methyl sites for hydroxylation is 2. The molecule has 0 saturated heterocycles. The molecule has 1 saturated carbocycles. The predicted molar refractivity (Wildman–Crippen MR) is 96.1 cm³/mol. The Morgan fingerprint density at radius 2 is 1.96 bits per heavy atom. The highest BCUT2D eigenvalue weighted by Crippen LogP contribution is 2.64. The van der Waals surface area contributed by atoms with E-state index in [0.717, 1.165) is 28.7 Å². The smallest absolute Gasteiger partial charge is 0.231 e. The number of nitrogens with zero attached hydrogens (tertiary/aromatic N) is 2. The van der Waals surface area contributed by atoms with Crippen molar-refractivity contribution >= 4 is 17.7 Å². The summed E-state index contributed by atoms with van der Waals surface area (Å²) in [5.41, 5.74) is 1.94. The van der Waals surface area contributed by atoms with Gasteiger partial charge in [-0.25, -0.2) is 4.98 Å². The highest BCUT2D eigenvalue weighted by Gasteiger charge is 2.66. The molecule has 0 aliphatic heterocycles. The van der Waals surface area contributed by atoms with Crippen molar-refractivity contribution in [3.63, 3.8) is 0 Å². The quantitative estimate of drug-likeness (QED) is 0.624. The molecule has 1 fully saturated rings. The van der Waals surface area contributed by atoms with Crippen LogP contribution in [0.4, 0.5) is 0 Å². The first kappa shape index (κ1) is 17.0. The van der Waals surface area contributed by atoms with E-state index in [9.17, 15) is 4.79 Å². The van der Waals surface area contributed by atoms with Crippen LogP contribution >= 0.6 is 11.8 Å². The van der Waals surface area contributed by atoms with Crippen LogP contribution in [0.15, 0.2) is 29.4 Å². The monoisotopic (exact) mass is 344 g/mol. The van der Waals surface area contributed by atoms with Crippen LogP contribution in [0.5, 0.6) is 0 Å². The van der Waals surface area contributed by atoms with Crippen LogP contribution in [0.2, 0.25) is 0 Å². The number of benzene rings is 1. The van der Waals surface area contributed by atoms with Gasteiger partial charge < -0.3 is 5.32 Å². The number of hydrogen-bond acceptors (Lipinski definition) is 4. The standard InChI is InChI=1S/C18H24N4OS/c1-12-5-7-14(8-6-12)18(11-17(18,3)4)15(23)19-9-10-24-16-20-13(2)21-22-16/h5-8H,9-11H2,1-4H3,(H,19,23)(H,20,21,22)/t18-/m1/s1. The number of thioether (sulfide) groups is 1. The van der Waals surface area contributed by atoms with Gasteiger partial charge in [-0.1, -0.05) is 55.4 Å². The molecule has 1 aliphatic carbocycles. The Bertz CT molecular complexity index is 738. The van der Waals surface area contributed by atoms with Gasteiger partial charge in [0.05, 0.1) is 5.41 Å². The van der Waals surface area contributed by atoms with Crippen LogP contribution < -0.4 is 5.32 Å². The molecule has 6 heteroatoms. The summed E-state index contributed by atoms with van der Waals surface area (Å²) >= 11 is 1.54. The minimum absolute atomic E-state index is 0.000343. The fourth-order valence-corrected chi connectivity index (χ4v) is 4.01. The van der Waals surface area contributed by atoms with E-state index in [1.807, 2.05) is 6.92 Å². The topological polar surface area (TPSA) is 70.7 Å². The number of amides is 1. The van der Waals surface area contributed by atoms with Crippen LogP contribution in [-0.4, -0.2) is 33.4 Å². The van der Waals surface area contributed by atoms with Gasteiger partial charge in [0, 0.05) is 12.3 Å². The molecule has 1 heterocycles. The summed E-state index contributed by atoms with van der Waals surface area (Å²) in [6.45, 7) is 8.88. The summed E-state index contributed by atoms with van der Waals surface area (Å²) in [7, 11) is 0. The maximum absolute atomic E-state index is 12.9. The lowest BCUT2D eigenvalue weighted by Crippen LogP contribution is -2.38. The molecule has 0 unspecified atom stereocenters. The second-order valence-corrected chi connectivity index (χ2v) is 8.20. The zero-order valence-electron chi connectivity index (χ0n) is 14.6. The fourth-order valence-electron chi connectivity index (χ4n) is 3.31. The Balaban J connectivity index is 1.60. The molecule has 2 aromatic rings. The van der Waals surface area contributed by atoms with Gasteiger partial charge in [0.15, 0.2) is 0 Å². The van der Waals surface area contributed by atoms with Gasteiger partial charge in [-0.15, -0.1) is 5.10 Å². The Morgan fingerprint density at radius 3 is 2.50 bits per heavy atom. The van der Waals surface area contributed by atoms with Gasteiger partial charge in [-0.3, -0.25) is 9.89 Å². The van der Waals surface area contributed by atoms with E-state index >= 15 is 0 Å². The zero-order chi connectivity index (χ0) is 17.4. The minimum atomic E-state index is -0.396. The molecule has 0 spiro atoms. The van der Waals surface area contributed by atoms with Gasteiger partial charge in [0.1, 0.15) is 5.82 Å². The SMILES string of the molecule is Cc1ccc([C@@]2(C(=O)NCCSc3n[nH]c(C)n3)CC2(C)C)cc1. The summed E-state index contributed by atoms with van der Waals surface area (Å²) in [4.78, 5) is 17.1. The molecule has 1 aliphatic rings. The van der Waals surface area contributed by atoms with E-state index in [4.69, 9.17) is 0 Å². The Morgan fingerprint density at radius 1 is 1.29 bits per heavy atom. The molecule has 24 heavy (non-hydrogen) atoms. The molecule has 1 aromatic heterocycles. The fraction of sp³-hybridized carbons (Fsp3) is 0.500. The molecular weight excluding hydrogens is 320 g/mol. The second kappa shape index (κ2) is 6.24. The highest BCUT2D eigenvalue weighted by molar-refractivity contribution is 7.99. The van der Waals surface area contributed by atoms with Crippen molar-refractivity contribution in [2.24, 2.45) is 5.41 Å². The van der Waals surface area contributed by atoms with Gasteiger partial charge >= 0.3 is 0 Å². The maximum Gasteiger partial charge on any atom is 0.231 e. The van der Waals surface area contributed by atoms with Crippen LogP contribution in [0.1, 0.15) is 37.2 Å².